The summed E-state index contributed by atoms with van der Waals surface area (Å²) >= 11 is 0. The average Bonchev–Trinajstić information content (AvgIpc) is 3.06. The molecule has 0 aliphatic carbocycles. The molecule has 9 heteroatoms. The molecule has 3 aromatic rings. The third-order valence-electron chi connectivity index (χ3n) is 4.99. The lowest BCUT2D eigenvalue weighted by atomic mass is 10.2. The van der Waals surface area contributed by atoms with Crippen LogP contribution in [-0.2, 0) is 29.2 Å². The van der Waals surface area contributed by atoms with Crippen molar-refractivity contribution in [2.75, 3.05) is 12.4 Å². The van der Waals surface area contributed by atoms with Crippen molar-refractivity contribution in [3.8, 4) is 5.75 Å². The fourth-order valence-corrected chi connectivity index (χ4v) is 3.31. The van der Waals surface area contributed by atoms with Crippen LogP contribution in [0.3, 0.4) is 0 Å². The molecule has 0 radical (unpaired) electrons. The predicted molar refractivity (Wildman–Crippen MR) is 118 cm³/mol. The van der Waals surface area contributed by atoms with Gasteiger partial charge < -0.3 is 15.4 Å². The van der Waals surface area contributed by atoms with Crippen LogP contribution < -0.4 is 21.1 Å². The number of nitrogens with zero attached hydrogens (tertiary/aromatic N) is 3. The number of hydrogen-bond acceptors (Lipinski definition) is 5. The van der Waals surface area contributed by atoms with Gasteiger partial charge in [-0.05, 0) is 43.7 Å². The van der Waals surface area contributed by atoms with E-state index in [1.807, 2.05) is 38.1 Å². The molecular weight excluding hydrogens is 398 g/mol. The van der Waals surface area contributed by atoms with Gasteiger partial charge in [0.2, 0.25) is 11.8 Å². The number of nitrogens with one attached hydrogen (secondary N) is 2. The van der Waals surface area contributed by atoms with E-state index in [9.17, 15) is 14.4 Å². The van der Waals surface area contributed by atoms with Gasteiger partial charge >= 0.3 is 5.69 Å². The molecule has 0 fully saturated rings. The zero-order valence-corrected chi connectivity index (χ0v) is 18.0. The number of ether oxygens (including phenoxy) is 1. The summed E-state index contributed by atoms with van der Waals surface area (Å²) in [6.45, 7) is 5.18. The number of hydrogen-bond donors (Lipinski definition) is 2. The quantitative estimate of drug-likeness (QED) is 0.547. The minimum Gasteiger partial charge on any atom is -0.497 e. The van der Waals surface area contributed by atoms with Gasteiger partial charge in [0.1, 0.15) is 11.6 Å². The number of fused-ring (bicyclic) bond motifs is 1. The molecule has 0 saturated carbocycles. The van der Waals surface area contributed by atoms with E-state index in [4.69, 9.17) is 4.74 Å². The zero-order chi connectivity index (χ0) is 22.4. The van der Waals surface area contributed by atoms with Crippen molar-refractivity contribution in [3.05, 3.63) is 52.4 Å². The Morgan fingerprint density at radius 3 is 2.29 bits per heavy atom. The number of amides is 2. The number of aromatic nitrogens is 3. The van der Waals surface area contributed by atoms with Gasteiger partial charge in [-0.25, -0.2) is 9.78 Å². The fourth-order valence-electron chi connectivity index (χ4n) is 3.31. The van der Waals surface area contributed by atoms with Crippen LogP contribution in [0.15, 0.2) is 41.2 Å². The molecule has 0 aliphatic heterocycles. The largest absolute Gasteiger partial charge is 0.497 e. The van der Waals surface area contributed by atoms with Crippen LogP contribution in [0.1, 0.15) is 32.3 Å². The first-order valence-electron chi connectivity index (χ1n) is 10.3. The Labute approximate surface area is 180 Å². The summed E-state index contributed by atoms with van der Waals surface area (Å²) in [5.41, 5.74) is 2.08. The van der Waals surface area contributed by atoms with Crippen molar-refractivity contribution in [2.45, 2.75) is 46.3 Å². The molecule has 2 amide bonds. The highest BCUT2D eigenvalue weighted by molar-refractivity contribution is 5.93. The number of rotatable bonds is 9. The van der Waals surface area contributed by atoms with Gasteiger partial charge in [0.15, 0.2) is 5.65 Å². The topological polar surface area (TPSA) is 107 Å². The van der Waals surface area contributed by atoms with Crippen LogP contribution in [0.5, 0.6) is 5.75 Å². The summed E-state index contributed by atoms with van der Waals surface area (Å²) in [5.74, 6) is 0.577. The molecule has 2 heterocycles. The summed E-state index contributed by atoms with van der Waals surface area (Å²) in [7, 11) is 1.60. The minimum atomic E-state index is -0.313. The van der Waals surface area contributed by atoms with Gasteiger partial charge in [0.25, 0.3) is 0 Å². The summed E-state index contributed by atoms with van der Waals surface area (Å²) < 4.78 is 8.32. The maximum atomic E-state index is 12.4. The molecule has 2 aromatic heterocycles. The van der Waals surface area contributed by atoms with Crippen LogP contribution >= 0.6 is 0 Å². The predicted octanol–water partition coefficient (Wildman–Crippen LogP) is 2.28. The Hall–Kier alpha value is -3.62. The lowest BCUT2D eigenvalue weighted by molar-refractivity contribution is -0.124. The third kappa shape index (κ3) is 5.11. The molecule has 0 atom stereocenters. The molecule has 0 spiro atoms. The monoisotopic (exact) mass is 425 g/mol. The fraction of sp³-hybridized carbons (Fsp3) is 0.364. The van der Waals surface area contributed by atoms with Gasteiger partial charge in [0, 0.05) is 32.5 Å². The minimum absolute atomic E-state index is 0.0325. The van der Waals surface area contributed by atoms with E-state index in [2.05, 4.69) is 15.6 Å². The number of aryl methyl sites for hydroxylation is 2. The molecule has 0 unspecified atom stereocenters. The van der Waals surface area contributed by atoms with Crippen molar-refractivity contribution >= 4 is 28.8 Å². The van der Waals surface area contributed by atoms with Crippen LogP contribution in [0, 0.1) is 0 Å². The number of carbonyl (C=O) groups is 2. The molecular formula is C22H27N5O4. The molecule has 31 heavy (non-hydrogen) atoms. The lowest BCUT2D eigenvalue weighted by Gasteiger charge is -2.07. The second-order valence-electron chi connectivity index (χ2n) is 6.98. The molecule has 9 nitrogen and oxygen atoms in total. The number of methoxy groups -OCH3 is 1. The van der Waals surface area contributed by atoms with Crippen LogP contribution in [0.25, 0.3) is 11.2 Å². The number of anilines is 1. The van der Waals surface area contributed by atoms with Crippen molar-refractivity contribution in [2.24, 2.45) is 0 Å². The Balaban J connectivity index is 1.54. The van der Waals surface area contributed by atoms with Gasteiger partial charge in [0.05, 0.1) is 12.6 Å². The van der Waals surface area contributed by atoms with Crippen LogP contribution in [0.2, 0.25) is 0 Å². The van der Waals surface area contributed by atoms with Crippen LogP contribution in [-0.4, -0.2) is 33.0 Å². The Bertz CT molecular complexity index is 1130. The molecule has 0 aliphatic rings. The van der Waals surface area contributed by atoms with Gasteiger partial charge in [-0.2, -0.15) is 0 Å². The van der Waals surface area contributed by atoms with Gasteiger partial charge in [-0.15, -0.1) is 0 Å². The second kappa shape index (κ2) is 9.92. The average molecular weight is 425 g/mol. The van der Waals surface area contributed by atoms with Crippen molar-refractivity contribution in [1.82, 2.24) is 19.4 Å². The SMILES string of the molecule is CCn1c(=O)n(CC)c2nc(NC(=O)CCC(=O)NCc3ccc(OC)cc3)ccc21. The maximum absolute atomic E-state index is 12.4. The van der Waals surface area contributed by atoms with E-state index in [-0.39, 0.29) is 30.3 Å². The van der Waals surface area contributed by atoms with E-state index in [1.54, 1.807) is 28.4 Å². The van der Waals surface area contributed by atoms with Gasteiger partial charge in [-0.1, -0.05) is 12.1 Å². The van der Waals surface area contributed by atoms with Crippen LogP contribution in [0.4, 0.5) is 5.82 Å². The first-order valence-corrected chi connectivity index (χ1v) is 10.3. The number of carbonyl (C=O) groups excluding carboxylic acids is 2. The van der Waals surface area contributed by atoms with Crippen molar-refractivity contribution in [1.29, 1.82) is 0 Å². The molecule has 3 rings (SSSR count). The Morgan fingerprint density at radius 1 is 0.968 bits per heavy atom. The van der Waals surface area contributed by atoms with E-state index in [0.717, 1.165) is 16.8 Å². The highest BCUT2D eigenvalue weighted by Crippen LogP contribution is 2.15. The molecule has 164 valence electrons. The Kier molecular flexibility index (Phi) is 7.07. The van der Waals surface area contributed by atoms with E-state index in [1.165, 1.54) is 0 Å². The first-order chi connectivity index (χ1) is 15.0. The summed E-state index contributed by atoms with van der Waals surface area (Å²) in [5, 5.41) is 5.50. The third-order valence-corrected chi connectivity index (χ3v) is 4.99. The summed E-state index contributed by atoms with van der Waals surface area (Å²) in [6, 6.07) is 10.8. The number of pyridine rings is 1. The lowest BCUT2D eigenvalue weighted by Crippen LogP contribution is -2.24. The number of imidazole rings is 1. The van der Waals surface area contributed by atoms with E-state index >= 15 is 0 Å². The highest BCUT2D eigenvalue weighted by atomic mass is 16.5. The Morgan fingerprint density at radius 2 is 1.65 bits per heavy atom. The smallest absolute Gasteiger partial charge is 0.330 e. The summed E-state index contributed by atoms with van der Waals surface area (Å²) in [4.78, 5) is 41.2. The number of benzene rings is 1. The summed E-state index contributed by atoms with van der Waals surface area (Å²) in [6.07, 6.45) is 0.0980. The van der Waals surface area contributed by atoms with Gasteiger partial charge in [-0.3, -0.25) is 18.7 Å². The zero-order valence-electron chi connectivity index (χ0n) is 18.0. The molecule has 2 N–H and O–H groups in total. The standard InChI is InChI=1S/C22H27N5O4/c1-4-26-17-10-11-18(25-21(17)27(5-2)22(26)30)24-20(29)13-12-19(28)23-14-15-6-8-16(31-3)9-7-15/h6-11H,4-5,12-14H2,1-3H3,(H,23,28)(H,24,25,29). The molecule has 1 aromatic carbocycles. The molecule has 0 saturated heterocycles. The second-order valence-corrected chi connectivity index (χ2v) is 6.98. The first kappa shape index (κ1) is 22.1. The molecule has 0 bridgehead atoms. The maximum Gasteiger partial charge on any atom is 0.330 e. The van der Waals surface area contributed by atoms with Crippen molar-refractivity contribution < 1.29 is 14.3 Å². The van der Waals surface area contributed by atoms with E-state index in [0.29, 0.717) is 31.1 Å². The van der Waals surface area contributed by atoms with Crippen molar-refractivity contribution in [3.63, 3.8) is 0 Å². The highest BCUT2D eigenvalue weighted by Gasteiger charge is 2.14. The van der Waals surface area contributed by atoms with E-state index < -0.39 is 0 Å². The normalized spacial score (nSPS) is 10.8.